The number of carbonyl (C=O) groups is 1. The second kappa shape index (κ2) is 8.44. The van der Waals surface area contributed by atoms with Crippen LogP contribution in [0.3, 0.4) is 0 Å². The van der Waals surface area contributed by atoms with E-state index in [1.165, 1.54) is 5.56 Å². The molecule has 1 aliphatic carbocycles. The Morgan fingerprint density at radius 2 is 1.87 bits per heavy atom. The third-order valence-corrected chi connectivity index (χ3v) is 6.31. The molecule has 1 atom stereocenters. The molecule has 0 spiro atoms. The van der Waals surface area contributed by atoms with Gasteiger partial charge in [0.05, 0.1) is 24.5 Å². The van der Waals surface area contributed by atoms with Gasteiger partial charge in [0.1, 0.15) is 5.75 Å². The van der Waals surface area contributed by atoms with Crippen molar-refractivity contribution >= 4 is 15.7 Å². The first kappa shape index (κ1) is 20.3. The summed E-state index contributed by atoms with van der Waals surface area (Å²) in [6, 6.07) is 17.8. The fourth-order valence-corrected chi connectivity index (χ4v) is 4.82. The number of aryl methyl sites for hydroxylation is 1. The summed E-state index contributed by atoms with van der Waals surface area (Å²) < 4.78 is 23.8. The average molecular weight is 424 g/mol. The molecule has 0 aliphatic heterocycles. The van der Waals surface area contributed by atoms with Crippen LogP contribution in [0.1, 0.15) is 35.6 Å². The van der Waals surface area contributed by atoms with Gasteiger partial charge in [-0.25, -0.2) is 8.42 Å². The van der Waals surface area contributed by atoms with E-state index in [1.807, 2.05) is 48.5 Å². The van der Waals surface area contributed by atoms with Crippen molar-refractivity contribution in [2.45, 2.75) is 31.8 Å². The normalized spacial score (nSPS) is 16.1. The highest BCUT2D eigenvalue weighted by molar-refractivity contribution is 7.91. The van der Waals surface area contributed by atoms with Gasteiger partial charge < -0.3 is 4.90 Å². The Kier molecular flexibility index (Phi) is 5.72. The average Bonchev–Trinajstić information content (AvgIpc) is 3.19. The van der Waals surface area contributed by atoms with Crippen molar-refractivity contribution in [1.82, 2.24) is 15.1 Å². The zero-order valence-electron chi connectivity index (χ0n) is 16.9. The molecule has 1 aliphatic rings. The maximum absolute atomic E-state index is 13.2. The number of hydrogen-bond donors (Lipinski definition) is 1. The molecule has 0 bridgehead atoms. The molecular weight excluding hydrogens is 398 g/mol. The van der Waals surface area contributed by atoms with Crippen LogP contribution in [0.15, 0.2) is 60.8 Å². The zero-order chi connectivity index (χ0) is 21.1. The van der Waals surface area contributed by atoms with E-state index in [0.29, 0.717) is 6.54 Å². The van der Waals surface area contributed by atoms with Gasteiger partial charge >= 0.3 is 0 Å². The van der Waals surface area contributed by atoms with Crippen molar-refractivity contribution in [3.8, 4) is 11.3 Å². The third-order valence-electron chi connectivity index (χ3n) is 5.54. The molecule has 4 rings (SSSR count). The number of nitrogens with zero attached hydrogens (tertiary/aromatic N) is 2. The van der Waals surface area contributed by atoms with Gasteiger partial charge in [-0.1, -0.05) is 54.6 Å². The number of nitrogens with one attached hydrogen (secondary N) is 1. The molecule has 0 saturated heterocycles. The summed E-state index contributed by atoms with van der Waals surface area (Å²) in [6.07, 6.45) is 5.57. The lowest BCUT2D eigenvalue weighted by Gasteiger charge is -2.36. The summed E-state index contributed by atoms with van der Waals surface area (Å²) in [4.78, 5) is 14.9. The van der Waals surface area contributed by atoms with E-state index in [9.17, 15) is 13.2 Å². The molecule has 1 N–H and O–H groups in total. The summed E-state index contributed by atoms with van der Waals surface area (Å²) in [5, 5.41) is 7.22. The van der Waals surface area contributed by atoms with E-state index in [2.05, 4.69) is 16.3 Å². The fraction of sp³-hybridized carbons (Fsp3) is 0.304. The molecule has 1 aromatic heterocycles. The first-order valence-electron chi connectivity index (χ1n) is 10.0. The molecule has 0 unspecified atom stereocenters. The van der Waals surface area contributed by atoms with Gasteiger partial charge in [0, 0.05) is 11.8 Å². The second-order valence-corrected chi connectivity index (χ2v) is 9.98. The number of benzene rings is 2. The van der Waals surface area contributed by atoms with Crippen LogP contribution in [0, 0.1) is 0 Å². The number of rotatable bonds is 6. The molecule has 6 nitrogen and oxygen atoms in total. The van der Waals surface area contributed by atoms with E-state index in [4.69, 9.17) is 0 Å². The minimum Gasteiger partial charge on any atom is -0.330 e. The number of aromatic nitrogens is 2. The molecule has 30 heavy (non-hydrogen) atoms. The quantitative estimate of drug-likeness (QED) is 0.657. The smallest absolute Gasteiger partial charge is 0.238 e. The molecular formula is C23H25N3O3S. The van der Waals surface area contributed by atoms with Crippen LogP contribution < -0.4 is 0 Å². The Labute approximate surface area is 176 Å². The largest absolute Gasteiger partial charge is 0.330 e. The lowest BCUT2D eigenvalue weighted by Crippen LogP contribution is -2.39. The highest BCUT2D eigenvalue weighted by Crippen LogP contribution is 2.36. The number of aromatic amines is 1. The maximum atomic E-state index is 13.2. The number of amides is 1. The van der Waals surface area contributed by atoms with Gasteiger partial charge in [0.2, 0.25) is 5.91 Å². The number of hydrogen-bond acceptors (Lipinski definition) is 4. The second-order valence-electron chi connectivity index (χ2n) is 7.83. The van der Waals surface area contributed by atoms with Gasteiger partial charge in [-0.2, -0.15) is 5.10 Å². The highest BCUT2D eigenvalue weighted by atomic mass is 32.2. The van der Waals surface area contributed by atoms with Crippen LogP contribution >= 0.6 is 0 Å². The molecule has 0 saturated carbocycles. The summed E-state index contributed by atoms with van der Waals surface area (Å²) in [5.74, 6) is -0.871. The molecule has 0 fully saturated rings. The Bertz CT molecular complexity index is 1140. The lowest BCUT2D eigenvalue weighted by atomic mass is 9.86. The monoisotopic (exact) mass is 423 g/mol. The van der Waals surface area contributed by atoms with E-state index in [1.54, 1.807) is 11.1 Å². The fourth-order valence-electron chi connectivity index (χ4n) is 4.20. The van der Waals surface area contributed by atoms with Crippen LogP contribution in [0.25, 0.3) is 11.3 Å². The Balaban J connectivity index is 1.72. The Morgan fingerprint density at radius 1 is 1.13 bits per heavy atom. The summed E-state index contributed by atoms with van der Waals surface area (Å²) in [6.45, 7) is 0.300. The van der Waals surface area contributed by atoms with Crippen LogP contribution in [-0.2, 0) is 27.6 Å². The molecule has 1 amide bonds. The predicted molar refractivity (Wildman–Crippen MR) is 116 cm³/mol. The number of H-pyrrole nitrogens is 1. The summed E-state index contributed by atoms with van der Waals surface area (Å²) >= 11 is 0. The Hall–Kier alpha value is -2.93. The van der Waals surface area contributed by atoms with Crippen molar-refractivity contribution in [3.05, 3.63) is 77.5 Å². The molecule has 156 valence electrons. The minimum absolute atomic E-state index is 0.150. The van der Waals surface area contributed by atoms with Gasteiger partial charge in [-0.3, -0.25) is 9.89 Å². The Morgan fingerprint density at radius 3 is 2.63 bits per heavy atom. The molecule has 3 aromatic rings. The molecule has 0 radical (unpaired) electrons. The van der Waals surface area contributed by atoms with Crippen molar-refractivity contribution in [3.63, 3.8) is 0 Å². The van der Waals surface area contributed by atoms with Gasteiger partial charge in [0.15, 0.2) is 9.84 Å². The summed E-state index contributed by atoms with van der Waals surface area (Å²) in [7, 11) is -3.44. The van der Waals surface area contributed by atoms with E-state index in [0.717, 1.165) is 47.9 Å². The molecule has 2 aromatic carbocycles. The van der Waals surface area contributed by atoms with Crippen LogP contribution in [0.2, 0.25) is 0 Å². The number of sulfone groups is 1. The van der Waals surface area contributed by atoms with E-state index < -0.39 is 15.6 Å². The lowest BCUT2D eigenvalue weighted by molar-refractivity contribution is -0.132. The minimum atomic E-state index is -3.44. The first-order valence-corrected chi connectivity index (χ1v) is 12.1. The first-order chi connectivity index (χ1) is 14.4. The van der Waals surface area contributed by atoms with Gasteiger partial charge in [-0.15, -0.1) is 0 Å². The zero-order valence-corrected chi connectivity index (χ0v) is 17.7. The van der Waals surface area contributed by atoms with E-state index >= 15 is 0 Å². The maximum Gasteiger partial charge on any atom is 0.238 e. The van der Waals surface area contributed by atoms with Crippen LogP contribution in [0.5, 0.6) is 0 Å². The standard InChI is InChI=1S/C23H25N3O3S/c1-30(28,29)16-22(27)26(21-13-7-11-17-8-5-6-12-20(17)21)15-19-14-24-25-23(19)18-9-3-2-4-10-18/h2-6,8-10,12,14,21H,7,11,13,15-16H2,1H3,(H,24,25)/t21-/m1/s1. The van der Waals surface area contributed by atoms with Crippen LogP contribution in [-0.4, -0.2) is 41.4 Å². The van der Waals surface area contributed by atoms with Crippen molar-refractivity contribution in [2.75, 3.05) is 12.0 Å². The third kappa shape index (κ3) is 4.46. The summed E-state index contributed by atoms with van der Waals surface area (Å²) in [5.41, 5.74) is 5.02. The highest BCUT2D eigenvalue weighted by Gasteiger charge is 2.31. The topological polar surface area (TPSA) is 83.1 Å². The van der Waals surface area contributed by atoms with Gasteiger partial charge in [-0.05, 0) is 36.0 Å². The van der Waals surface area contributed by atoms with Gasteiger partial charge in [0.25, 0.3) is 0 Å². The van der Waals surface area contributed by atoms with Crippen molar-refractivity contribution in [2.24, 2.45) is 0 Å². The van der Waals surface area contributed by atoms with Crippen molar-refractivity contribution < 1.29 is 13.2 Å². The number of fused-ring (bicyclic) bond motifs is 1. The van der Waals surface area contributed by atoms with Crippen LogP contribution in [0.4, 0.5) is 0 Å². The van der Waals surface area contributed by atoms with Crippen molar-refractivity contribution in [1.29, 1.82) is 0 Å². The molecule has 1 heterocycles. The number of carbonyl (C=O) groups excluding carboxylic acids is 1. The molecule has 7 heteroatoms. The predicted octanol–water partition coefficient (Wildman–Crippen LogP) is 3.53. The SMILES string of the molecule is CS(=O)(=O)CC(=O)N(Cc1cn[nH]c1-c1ccccc1)[C@@H]1CCCc2ccccc21. The van der Waals surface area contributed by atoms with E-state index in [-0.39, 0.29) is 11.9 Å².